The lowest BCUT2D eigenvalue weighted by molar-refractivity contribution is 0.0591. The van der Waals surface area contributed by atoms with Gasteiger partial charge in [-0.05, 0) is 62.1 Å². The Bertz CT molecular complexity index is 992. The fourth-order valence-corrected chi connectivity index (χ4v) is 2.83. The number of esters is 2. The van der Waals surface area contributed by atoms with Crippen LogP contribution in [0.5, 0.6) is 0 Å². The van der Waals surface area contributed by atoms with Crippen molar-refractivity contribution in [1.29, 1.82) is 5.41 Å². The number of methoxy groups -OCH3 is 3. The molecule has 0 atom stereocenters. The van der Waals surface area contributed by atoms with Gasteiger partial charge in [0.05, 0.1) is 39.0 Å². The van der Waals surface area contributed by atoms with Crippen LogP contribution in [-0.4, -0.2) is 51.4 Å². The highest BCUT2D eigenvalue weighted by Gasteiger charge is 2.15. The minimum absolute atomic E-state index is 0. The molecule has 0 unspecified atom stereocenters. The van der Waals surface area contributed by atoms with E-state index in [1.165, 1.54) is 21.3 Å². The van der Waals surface area contributed by atoms with Gasteiger partial charge in [-0.25, -0.2) is 14.4 Å². The molecule has 188 valence electrons. The molecule has 34 heavy (non-hydrogen) atoms. The number of rotatable bonds is 3. The summed E-state index contributed by atoms with van der Waals surface area (Å²) >= 11 is 0. The van der Waals surface area contributed by atoms with Gasteiger partial charge >= 0.3 is 11.9 Å². The monoisotopic (exact) mass is 494 g/mol. The predicted octanol–water partition coefficient (Wildman–Crippen LogP) is 5.37. The molecule has 0 spiro atoms. The number of nitrogens with zero attached hydrogens (tertiary/aromatic N) is 1. The van der Waals surface area contributed by atoms with Gasteiger partial charge < -0.3 is 19.3 Å². The van der Waals surface area contributed by atoms with Crippen LogP contribution in [0, 0.1) is 39.7 Å². The number of carbonyl (C=O) groups is 2. The van der Waals surface area contributed by atoms with E-state index in [1.54, 1.807) is 12.1 Å². The molecule has 2 rings (SSSR count). The van der Waals surface area contributed by atoms with E-state index in [9.17, 15) is 9.59 Å². The van der Waals surface area contributed by atoms with Gasteiger partial charge in [0, 0.05) is 12.7 Å². The highest BCUT2D eigenvalue weighted by molar-refractivity contribution is 5.98. The molecule has 0 aliphatic rings. The van der Waals surface area contributed by atoms with Crippen LogP contribution < -0.4 is 0 Å². The van der Waals surface area contributed by atoms with E-state index < -0.39 is 11.9 Å². The van der Waals surface area contributed by atoms with E-state index in [4.69, 9.17) is 21.8 Å². The van der Waals surface area contributed by atoms with E-state index in [2.05, 4.69) is 14.3 Å². The van der Waals surface area contributed by atoms with Gasteiger partial charge in [-0.1, -0.05) is 19.6 Å². The number of aliphatic hydroxyl groups excluding tert-OH is 1. The number of aliphatic hydroxyl groups is 1. The second-order valence-corrected chi connectivity index (χ2v) is 6.56. The fourth-order valence-electron chi connectivity index (χ4n) is 2.83. The van der Waals surface area contributed by atoms with E-state index in [0.29, 0.717) is 22.4 Å². The Morgan fingerprint density at radius 1 is 0.765 bits per heavy atom. The van der Waals surface area contributed by atoms with Gasteiger partial charge in [0.2, 0.25) is 5.90 Å². The van der Waals surface area contributed by atoms with Crippen molar-refractivity contribution in [2.75, 3.05) is 28.4 Å². The topological polar surface area (TPSA) is 110 Å². The molecule has 0 bridgehead atoms. The minimum atomic E-state index is -0.400. The van der Waals surface area contributed by atoms with E-state index >= 15 is 0 Å². The third-order valence-electron chi connectivity index (χ3n) is 4.49. The van der Waals surface area contributed by atoms with Crippen LogP contribution in [0.15, 0.2) is 24.3 Å². The molecule has 9 heteroatoms. The Kier molecular flexibility index (Phi) is 17.7. The van der Waals surface area contributed by atoms with Gasteiger partial charge in [0.15, 0.2) is 5.69 Å². The average Bonchev–Trinajstić information content (AvgIpc) is 2.79. The summed E-state index contributed by atoms with van der Waals surface area (Å²) in [6.45, 7) is 14.3. The van der Waals surface area contributed by atoms with Crippen LogP contribution in [0.1, 0.15) is 56.0 Å². The summed E-state index contributed by atoms with van der Waals surface area (Å²) in [6, 6.07) is 6.86. The first-order valence-corrected chi connectivity index (χ1v) is 9.45. The predicted molar refractivity (Wildman–Crippen MR) is 137 cm³/mol. The number of halogens is 1. The SMILES string of the molecule is C.CO.COC(=N)c1cc(C(=O)OC)c(C)cc1C.Cl.[C-]#[N+]c1cc(C(=O)OC)c(C)cc1C. The third-order valence-corrected chi connectivity index (χ3v) is 4.49. The van der Waals surface area contributed by atoms with Gasteiger partial charge in [-0.2, -0.15) is 0 Å². The van der Waals surface area contributed by atoms with E-state index in [-0.39, 0.29) is 25.7 Å². The molecule has 2 aromatic rings. The van der Waals surface area contributed by atoms with Crippen LogP contribution in [0.4, 0.5) is 5.69 Å². The molecule has 0 fully saturated rings. The summed E-state index contributed by atoms with van der Waals surface area (Å²) in [7, 11) is 5.10. The van der Waals surface area contributed by atoms with Gasteiger partial charge in [-0.3, -0.25) is 5.41 Å². The second kappa shape index (κ2) is 17.1. The summed E-state index contributed by atoms with van der Waals surface area (Å²) in [5.41, 5.74) is 5.47. The molecule has 0 aliphatic carbocycles. The first-order chi connectivity index (χ1) is 15.1. The number of nitrogens with one attached hydrogen (secondary N) is 1. The Balaban J connectivity index is -0.000000502. The maximum Gasteiger partial charge on any atom is 0.338 e. The van der Waals surface area contributed by atoms with Crippen molar-refractivity contribution in [1.82, 2.24) is 0 Å². The summed E-state index contributed by atoms with van der Waals surface area (Å²) in [4.78, 5) is 26.1. The van der Waals surface area contributed by atoms with Crippen LogP contribution in [0.3, 0.4) is 0 Å². The molecular formula is C25H35ClN2O6. The molecule has 8 nitrogen and oxygen atoms in total. The standard InChI is InChI=1S/C12H15NO3.C11H11NO2.CH4O.CH4.ClH/c1-7-5-8(2)10(12(14)16-4)6-9(7)11(13)15-3;1-7-5-8(2)10(12-3)6-9(7)11(13)14-4;1-2;;/h5-6,13H,1-4H3;5-6H,1-2,4H3;2H,1H3;1H4;1H. The van der Waals surface area contributed by atoms with Crippen molar-refractivity contribution in [3.63, 3.8) is 0 Å². The highest BCUT2D eigenvalue weighted by Crippen LogP contribution is 2.23. The highest BCUT2D eigenvalue weighted by atomic mass is 35.5. The molecule has 0 amide bonds. The molecule has 0 radical (unpaired) electrons. The zero-order valence-electron chi connectivity index (χ0n) is 20.2. The molecular weight excluding hydrogens is 460 g/mol. The van der Waals surface area contributed by atoms with Crippen molar-refractivity contribution < 1.29 is 28.9 Å². The molecule has 0 aromatic heterocycles. The largest absolute Gasteiger partial charge is 0.481 e. The lowest BCUT2D eigenvalue weighted by Crippen LogP contribution is -2.10. The summed E-state index contributed by atoms with van der Waals surface area (Å²) in [5.74, 6) is -0.752. The molecule has 2 aromatic carbocycles. The fraction of sp³-hybridized carbons (Fsp3) is 0.360. The summed E-state index contributed by atoms with van der Waals surface area (Å²) < 4.78 is 14.1. The van der Waals surface area contributed by atoms with Crippen LogP contribution in [0.2, 0.25) is 0 Å². The van der Waals surface area contributed by atoms with Crippen molar-refractivity contribution in [3.05, 3.63) is 74.6 Å². The number of aryl methyl sites for hydroxylation is 4. The number of benzene rings is 2. The zero-order valence-corrected chi connectivity index (χ0v) is 21.0. The normalized spacial score (nSPS) is 8.59. The first-order valence-electron chi connectivity index (χ1n) is 9.45. The molecule has 0 saturated carbocycles. The van der Waals surface area contributed by atoms with Gasteiger partial charge in [-0.15, -0.1) is 12.4 Å². The van der Waals surface area contributed by atoms with E-state index in [1.807, 2.05) is 39.8 Å². The van der Waals surface area contributed by atoms with Crippen LogP contribution >= 0.6 is 12.4 Å². The maximum absolute atomic E-state index is 11.5. The van der Waals surface area contributed by atoms with Crippen LogP contribution in [-0.2, 0) is 14.2 Å². The average molecular weight is 495 g/mol. The zero-order chi connectivity index (χ0) is 25.0. The third kappa shape index (κ3) is 9.22. The second-order valence-electron chi connectivity index (χ2n) is 6.56. The van der Waals surface area contributed by atoms with Crippen molar-refractivity contribution in [2.24, 2.45) is 0 Å². The lowest BCUT2D eigenvalue weighted by Gasteiger charge is -2.10. The van der Waals surface area contributed by atoms with Crippen molar-refractivity contribution in [2.45, 2.75) is 35.1 Å². The number of carbonyl (C=O) groups excluding carboxylic acids is 2. The smallest absolute Gasteiger partial charge is 0.338 e. The molecule has 0 heterocycles. The first kappa shape index (κ1) is 35.2. The van der Waals surface area contributed by atoms with Crippen molar-refractivity contribution in [3.8, 4) is 0 Å². The minimum Gasteiger partial charge on any atom is -0.481 e. The van der Waals surface area contributed by atoms with Crippen LogP contribution in [0.25, 0.3) is 4.85 Å². The Morgan fingerprint density at radius 3 is 1.53 bits per heavy atom. The number of hydrogen-bond acceptors (Lipinski definition) is 7. The van der Waals surface area contributed by atoms with E-state index in [0.717, 1.165) is 29.4 Å². The van der Waals surface area contributed by atoms with Crippen molar-refractivity contribution >= 4 is 35.9 Å². The lowest BCUT2D eigenvalue weighted by atomic mass is 10.00. The quantitative estimate of drug-likeness (QED) is 0.257. The molecule has 0 aliphatic heterocycles. The Labute approximate surface area is 208 Å². The molecule has 0 saturated heterocycles. The summed E-state index contributed by atoms with van der Waals surface area (Å²) in [5, 5.41) is 14.6. The molecule has 2 N–H and O–H groups in total. The Morgan fingerprint density at radius 2 is 1.15 bits per heavy atom. The number of ether oxygens (including phenoxy) is 3. The van der Waals surface area contributed by atoms with Gasteiger partial charge in [0.25, 0.3) is 0 Å². The van der Waals surface area contributed by atoms with Gasteiger partial charge in [0.1, 0.15) is 0 Å². The Hall–Kier alpha value is -3.41. The summed E-state index contributed by atoms with van der Waals surface area (Å²) in [6.07, 6.45) is 0. The number of hydrogen-bond donors (Lipinski definition) is 2. The maximum atomic E-state index is 11.5.